The Balaban J connectivity index is 1.47. The highest BCUT2D eigenvalue weighted by Gasteiger charge is 2.29. The van der Waals surface area contributed by atoms with Crippen molar-refractivity contribution in [3.05, 3.63) is 71.8 Å². The molecule has 2 heterocycles. The number of carbonyl (C=O) groups excluding carboxylic acids is 1. The minimum Gasteiger partial charge on any atom is -0.378 e. The van der Waals surface area contributed by atoms with Crippen LogP contribution in [0.25, 0.3) is 11.1 Å². The number of aromatic nitrogens is 2. The van der Waals surface area contributed by atoms with Crippen molar-refractivity contribution in [1.82, 2.24) is 14.9 Å². The molecule has 1 atom stereocenters. The Hall–Kier alpha value is -3.32. The van der Waals surface area contributed by atoms with E-state index in [-0.39, 0.29) is 5.82 Å². The number of halogens is 1. The van der Waals surface area contributed by atoms with Gasteiger partial charge in [0.1, 0.15) is 12.1 Å². The molecule has 1 aliphatic heterocycles. The van der Waals surface area contributed by atoms with E-state index in [1.165, 1.54) is 23.3 Å². The number of hydrogen-bond donors (Lipinski definition) is 1. The molecular weight excluding hydrogens is 441 g/mol. The molecule has 1 N–H and O–H groups in total. The zero-order valence-electron chi connectivity index (χ0n) is 20.7. The van der Waals surface area contributed by atoms with Gasteiger partial charge in [0.25, 0.3) is 0 Å². The van der Waals surface area contributed by atoms with E-state index in [4.69, 9.17) is 0 Å². The summed E-state index contributed by atoms with van der Waals surface area (Å²) in [4.78, 5) is 24.9. The summed E-state index contributed by atoms with van der Waals surface area (Å²) >= 11 is 0. The van der Waals surface area contributed by atoms with Crippen LogP contribution in [-0.2, 0) is 11.3 Å². The number of carbonyl (C=O) groups is 1. The Labute approximate surface area is 207 Å². The molecule has 0 bridgehead atoms. The lowest BCUT2D eigenvalue weighted by atomic mass is 9.99. The first-order valence-corrected chi connectivity index (χ1v) is 12.3. The fraction of sp³-hybridized carbons (Fsp3) is 0.393. The Morgan fingerprint density at radius 1 is 1.11 bits per heavy atom. The smallest absolute Gasteiger partial charge is 0.225 e. The van der Waals surface area contributed by atoms with Gasteiger partial charge >= 0.3 is 0 Å². The number of nitrogens with zero attached hydrogens (tertiary/aromatic N) is 4. The second-order valence-corrected chi connectivity index (χ2v) is 9.75. The molecule has 7 heteroatoms. The molecule has 1 saturated heterocycles. The minimum atomic E-state index is -0.264. The lowest BCUT2D eigenvalue weighted by molar-refractivity contribution is -0.106. The molecule has 0 spiro atoms. The van der Waals surface area contributed by atoms with Crippen LogP contribution in [-0.4, -0.2) is 53.4 Å². The molecule has 3 aromatic rings. The fourth-order valence-electron chi connectivity index (χ4n) is 4.83. The summed E-state index contributed by atoms with van der Waals surface area (Å²) in [5, 5.41) is 3.16. The summed E-state index contributed by atoms with van der Waals surface area (Å²) in [6.45, 7) is 10.4. The molecule has 0 amide bonds. The van der Waals surface area contributed by atoms with Crippen molar-refractivity contribution in [2.45, 2.75) is 39.8 Å². The number of aryl methyl sites for hydroxylation is 1. The highest BCUT2D eigenvalue weighted by atomic mass is 19.1. The molecule has 0 unspecified atom stereocenters. The summed E-state index contributed by atoms with van der Waals surface area (Å²) in [7, 11) is 0. The second-order valence-electron chi connectivity index (χ2n) is 9.75. The topological polar surface area (TPSA) is 61.4 Å². The summed E-state index contributed by atoms with van der Waals surface area (Å²) in [6.07, 6.45) is 5.50. The maximum atomic E-state index is 13.6. The highest BCUT2D eigenvalue weighted by Crippen LogP contribution is 2.25. The van der Waals surface area contributed by atoms with Crippen molar-refractivity contribution in [3.63, 3.8) is 0 Å². The van der Waals surface area contributed by atoms with Crippen LogP contribution < -0.4 is 10.2 Å². The molecule has 6 nitrogen and oxygen atoms in total. The molecular formula is C28H34FN5O. The van der Waals surface area contributed by atoms with Gasteiger partial charge < -0.3 is 15.0 Å². The number of benzene rings is 2. The predicted molar refractivity (Wildman–Crippen MR) is 139 cm³/mol. The zero-order chi connectivity index (χ0) is 24.8. The summed E-state index contributed by atoms with van der Waals surface area (Å²) < 4.78 is 13.6. The predicted octanol–water partition coefficient (Wildman–Crippen LogP) is 4.94. The quantitative estimate of drug-likeness (QED) is 0.443. The average Bonchev–Trinajstić information content (AvgIpc) is 2.82. The van der Waals surface area contributed by atoms with Crippen LogP contribution in [0.15, 0.2) is 54.9 Å². The lowest BCUT2D eigenvalue weighted by Gasteiger charge is -2.42. The molecule has 1 aliphatic rings. The number of hydrogen-bond acceptors (Lipinski definition) is 6. The van der Waals surface area contributed by atoms with Crippen molar-refractivity contribution < 1.29 is 9.18 Å². The Kier molecular flexibility index (Phi) is 8.08. The number of aldehydes is 1. The van der Waals surface area contributed by atoms with Gasteiger partial charge in [-0.1, -0.05) is 32.0 Å². The van der Waals surface area contributed by atoms with Crippen LogP contribution in [0, 0.1) is 18.7 Å². The van der Waals surface area contributed by atoms with Crippen LogP contribution in [0.3, 0.4) is 0 Å². The Morgan fingerprint density at radius 3 is 2.63 bits per heavy atom. The second kappa shape index (κ2) is 11.4. The van der Waals surface area contributed by atoms with Gasteiger partial charge in [-0.25, -0.2) is 14.4 Å². The Morgan fingerprint density at radius 2 is 1.91 bits per heavy atom. The van der Waals surface area contributed by atoms with Crippen molar-refractivity contribution in [2.75, 3.05) is 36.4 Å². The molecule has 4 rings (SSSR count). The van der Waals surface area contributed by atoms with E-state index >= 15 is 0 Å². The minimum absolute atomic E-state index is 0.264. The average molecular weight is 476 g/mol. The number of rotatable bonds is 9. The maximum Gasteiger partial charge on any atom is 0.225 e. The van der Waals surface area contributed by atoms with E-state index in [1.807, 2.05) is 6.07 Å². The van der Waals surface area contributed by atoms with Crippen LogP contribution in [0.1, 0.15) is 31.4 Å². The van der Waals surface area contributed by atoms with Gasteiger partial charge in [-0.05, 0) is 60.2 Å². The van der Waals surface area contributed by atoms with Crippen LogP contribution in [0.5, 0.6) is 0 Å². The SMILES string of the molecule is Cc1cc(CN2CCN(c3ncc(-c4cccc(F)c4)cn3)[C@H](CC(C)C)C2)cc(NCC=O)c1. The van der Waals surface area contributed by atoms with Gasteiger partial charge in [0.2, 0.25) is 5.95 Å². The first kappa shape index (κ1) is 24.8. The molecule has 184 valence electrons. The van der Waals surface area contributed by atoms with Gasteiger partial charge in [0.15, 0.2) is 0 Å². The normalized spacial score (nSPS) is 16.5. The van der Waals surface area contributed by atoms with E-state index in [0.29, 0.717) is 18.5 Å². The number of piperazine rings is 1. The third kappa shape index (κ3) is 6.63. The van der Waals surface area contributed by atoms with Gasteiger partial charge in [0.05, 0.1) is 6.54 Å². The molecule has 0 radical (unpaired) electrons. The Bertz CT molecular complexity index is 1130. The third-order valence-electron chi connectivity index (χ3n) is 6.30. The van der Waals surface area contributed by atoms with E-state index < -0.39 is 0 Å². The first-order chi connectivity index (χ1) is 16.9. The van der Waals surface area contributed by atoms with E-state index in [2.05, 4.69) is 64.1 Å². The van der Waals surface area contributed by atoms with Crippen LogP contribution >= 0.6 is 0 Å². The van der Waals surface area contributed by atoms with E-state index in [0.717, 1.165) is 61.6 Å². The van der Waals surface area contributed by atoms with Crippen LogP contribution in [0.4, 0.5) is 16.0 Å². The number of anilines is 2. The summed E-state index contributed by atoms with van der Waals surface area (Å²) in [5.41, 5.74) is 4.99. The van der Waals surface area contributed by atoms with Crippen molar-refractivity contribution in [3.8, 4) is 11.1 Å². The van der Waals surface area contributed by atoms with E-state index in [9.17, 15) is 9.18 Å². The van der Waals surface area contributed by atoms with Crippen molar-refractivity contribution in [1.29, 1.82) is 0 Å². The monoisotopic (exact) mass is 475 g/mol. The van der Waals surface area contributed by atoms with Crippen molar-refractivity contribution >= 4 is 17.9 Å². The van der Waals surface area contributed by atoms with Crippen molar-refractivity contribution in [2.24, 2.45) is 5.92 Å². The van der Waals surface area contributed by atoms with Gasteiger partial charge in [-0.2, -0.15) is 0 Å². The molecule has 2 aromatic carbocycles. The maximum absolute atomic E-state index is 13.6. The lowest BCUT2D eigenvalue weighted by Crippen LogP contribution is -2.54. The molecule has 0 aliphatic carbocycles. The largest absolute Gasteiger partial charge is 0.378 e. The molecule has 35 heavy (non-hydrogen) atoms. The van der Waals surface area contributed by atoms with E-state index in [1.54, 1.807) is 18.5 Å². The van der Waals surface area contributed by atoms with Gasteiger partial charge in [-0.15, -0.1) is 0 Å². The van der Waals surface area contributed by atoms with Crippen LogP contribution in [0.2, 0.25) is 0 Å². The summed E-state index contributed by atoms with van der Waals surface area (Å²) in [5.74, 6) is 1.01. The molecule has 1 fully saturated rings. The highest BCUT2D eigenvalue weighted by molar-refractivity contribution is 5.62. The zero-order valence-corrected chi connectivity index (χ0v) is 20.7. The molecule has 1 aromatic heterocycles. The fourth-order valence-corrected chi connectivity index (χ4v) is 4.83. The van der Waals surface area contributed by atoms with Gasteiger partial charge in [-0.3, -0.25) is 4.90 Å². The third-order valence-corrected chi connectivity index (χ3v) is 6.30. The number of nitrogens with one attached hydrogen (secondary N) is 1. The van der Waals surface area contributed by atoms with Gasteiger partial charge in [0, 0.05) is 55.9 Å². The standard InChI is InChI=1S/C28H34FN5O/c1-20(2)11-27-19-33(18-22-12-21(3)13-26(14-22)30-7-10-35)8-9-34(27)28-31-16-24(17-32-28)23-5-4-6-25(29)15-23/h4-6,10,12-17,20,27,30H,7-9,11,18-19H2,1-3H3/t27-/m1/s1. The molecule has 0 saturated carbocycles. The first-order valence-electron chi connectivity index (χ1n) is 12.3. The summed E-state index contributed by atoms with van der Waals surface area (Å²) in [6, 6.07) is 13.2.